The topological polar surface area (TPSA) is 64.9 Å². The number of thiophene rings is 1. The van der Waals surface area contributed by atoms with Crippen molar-refractivity contribution >= 4 is 17.2 Å². The molecule has 1 aliphatic carbocycles. The number of nitrogens with zero attached hydrogens (tertiary/aromatic N) is 1. The number of nitrogens with one attached hydrogen (secondary N) is 2. The lowest BCUT2D eigenvalue weighted by atomic mass is 10.1. The minimum Gasteiger partial charge on any atom is -0.348 e. The number of hydrogen-bond donors (Lipinski definition) is 2. The summed E-state index contributed by atoms with van der Waals surface area (Å²) in [7, 11) is 0. The van der Waals surface area contributed by atoms with Crippen molar-refractivity contribution in [2.75, 3.05) is 6.54 Å². The molecule has 0 aromatic carbocycles. The van der Waals surface area contributed by atoms with Gasteiger partial charge in [0.15, 0.2) is 0 Å². The van der Waals surface area contributed by atoms with Gasteiger partial charge in [-0.2, -0.15) is 5.26 Å². The van der Waals surface area contributed by atoms with Crippen LogP contribution in [0.3, 0.4) is 0 Å². The quantitative estimate of drug-likeness (QED) is 0.867. The van der Waals surface area contributed by atoms with Crippen LogP contribution in [-0.4, -0.2) is 18.5 Å². The van der Waals surface area contributed by atoms with Crippen molar-refractivity contribution in [3.8, 4) is 6.07 Å². The number of carbonyl (C=O) groups excluding carboxylic acids is 1. The van der Waals surface area contributed by atoms with Crippen LogP contribution in [0.15, 0.2) is 17.5 Å². The summed E-state index contributed by atoms with van der Waals surface area (Å²) in [6, 6.07) is 6.53. The fourth-order valence-corrected chi connectivity index (χ4v) is 3.22. The Morgan fingerprint density at radius 2 is 2.47 bits per heavy atom. The second-order valence-electron chi connectivity index (χ2n) is 4.96. The fraction of sp³-hybridized carbons (Fsp3) is 0.571. The number of carbonyl (C=O) groups is 1. The van der Waals surface area contributed by atoms with Gasteiger partial charge in [-0.25, -0.2) is 0 Å². The first kappa shape index (κ1) is 14.0. The smallest absolute Gasteiger partial charge is 0.234 e. The zero-order valence-corrected chi connectivity index (χ0v) is 11.9. The third-order valence-corrected chi connectivity index (χ3v) is 4.61. The average molecular weight is 277 g/mol. The molecule has 5 heteroatoms. The minimum absolute atomic E-state index is 0.00973. The van der Waals surface area contributed by atoms with Crippen LogP contribution in [-0.2, 0) is 4.79 Å². The van der Waals surface area contributed by atoms with Gasteiger partial charge in [0, 0.05) is 10.9 Å². The van der Waals surface area contributed by atoms with E-state index in [-0.39, 0.29) is 23.9 Å². The molecule has 0 spiro atoms. The van der Waals surface area contributed by atoms with Crippen LogP contribution >= 0.6 is 11.3 Å². The standard InChI is InChI=1S/C14H19N3OS/c1-10(13-6-3-7-19-13)17-14(18)9-16-12-5-2-4-11(12)8-15/h3,6-7,10-12,16H,2,4-5,9H2,1H3,(H,17,18)/t10-,11-,12+/m0/s1. The predicted molar refractivity (Wildman–Crippen MR) is 75.6 cm³/mol. The van der Waals surface area contributed by atoms with Crippen molar-refractivity contribution in [3.63, 3.8) is 0 Å². The van der Waals surface area contributed by atoms with Crippen LogP contribution in [0.2, 0.25) is 0 Å². The van der Waals surface area contributed by atoms with Gasteiger partial charge in [-0.05, 0) is 31.2 Å². The number of amides is 1. The third-order valence-electron chi connectivity index (χ3n) is 3.55. The van der Waals surface area contributed by atoms with Crippen LogP contribution in [0, 0.1) is 17.2 Å². The molecule has 1 saturated carbocycles. The molecule has 1 amide bonds. The molecule has 1 aliphatic rings. The maximum Gasteiger partial charge on any atom is 0.234 e. The highest BCUT2D eigenvalue weighted by atomic mass is 32.1. The molecule has 3 atom stereocenters. The summed E-state index contributed by atoms with van der Waals surface area (Å²) in [5.41, 5.74) is 0. The van der Waals surface area contributed by atoms with Crippen molar-refractivity contribution in [2.45, 2.75) is 38.3 Å². The molecule has 1 heterocycles. The van der Waals surface area contributed by atoms with Crippen molar-refractivity contribution in [1.82, 2.24) is 10.6 Å². The van der Waals surface area contributed by atoms with Gasteiger partial charge in [0.25, 0.3) is 0 Å². The van der Waals surface area contributed by atoms with E-state index in [1.165, 1.54) is 0 Å². The molecule has 1 aromatic rings. The van der Waals surface area contributed by atoms with E-state index in [0.29, 0.717) is 6.54 Å². The van der Waals surface area contributed by atoms with Gasteiger partial charge in [-0.1, -0.05) is 12.5 Å². The zero-order chi connectivity index (χ0) is 13.7. The highest BCUT2D eigenvalue weighted by Crippen LogP contribution is 2.24. The number of rotatable bonds is 5. The molecular weight excluding hydrogens is 258 g/mol. The minimum atomic E-state index is -0.00973. The van der Waals surface area contributed by atoms with Gasteiger partial charge in [0.2, 0.25) is 5.91 Å². The van der Waals surface area contributed by atoms with E-state index >= 15 is 0 Å². The van der Waals surface area contributed by atoms with E-state index in [9.17, 15) is 4.79 Å². The lowest BCUT2D eigenvalue weighted by Gasteiger charge is -2.17. The molecule has 19 heavy (non-hydrogen) atoms. The monoisotopic (exact) mass is 277 g/mol. The van der Waals surface area contributed by atoms with Gasteiger partial charge in [-0.15, -0.1) is 11.3 Å². The maximum atomic E-state index is 11.8. The molecule has 1 aromatic heterocycles. The Bertz CT molecular complexity index is 452. The van der Waals surface area contributed by atoms with Crippen LogP contribution in [0.5, 0.6) is 0 Å². The molecule has 0 aliphatic heterocycles. The molecule has 2 N–H and O–H groups in total. The first-order valence-electron chi connectivity index (χ1n) is 6.66. The largest absolute Gasteiger partial charge is 0.348 e. The van der Waals surface area contributed by atoms with Crippen molar-refractivity contribution in [1.29, 1.82) is 5.26 Å². The first-order chi connectivity index (χ1) is 9.20. The molecule has 0 unspecified atom stereocenters. The van der Waals surface area contributed by atoms with Gasteiger partial charge in [0.05, 0.1) is 24.6 Å². The highest BCUT2D eigenvalue weighted by molar-refractivity contribution is 7.10. The van der Waals surface area contributed by atoms with Crippen molar-refractivity contribution in [2.24, 2.45) is 5.92 Å². The van der Waals surface area contributed by atoms with Gasteiger partial charge in [0.1, 0.15) is 0 Å². The van der Waals surface area contributed by atoms with Crippen LogP contribution in [0.4, 0.5) is 0 Å². The summed E-state index contributed by atoms with van der Waals surface area (Å²) in [5.74, 6) is 0.0482. The van der Waals surface area contributed by atoms with Crippen LogP contribution in [0.25, 0.3) is 0 Å². The lowest BCUT2D eigenvalue weighted by molar-refractivity contribution is -0.121. The second-order valence-corrected chi connectivity index (χ2v) is 5.94. The summed E-state index contributed by atoms with van der Waals surface area (Å²) < 4.78 is 0. The average Bonchev–Trinajstić information content (AvgIpc) is 3.07. The predicted octanol–water partition coefficient (Wildman–Crippen LogP) is 2.21. The third kappa shape index (κ3) is 3.79. The normalized spacial score (nSPS) is 23.8. The Balaban J connectivity index is 1.74. The van der Waals surface area contributed by atoms with E-state index in [1.807, 2.05) is 24.4 Å². The van der Waals surface area contributed by atoms with E-state index in [4.69, 9.17) is 5.26 Å². The Kier molecular flexibility index (Phi) is 4.94. The SMILES string of the molecule is C[C@H](NC(=O)CN[C@@H]1CCC[C@H]1C#N)c1cccs1. The van der Waals surface area contributed by atoms with Crippen LogP contribution in [0.1, 0.15) is 37.1 Å². The molecule has 4 nitrogen and oxygen atoms in total. The van der Waals surface area contributed by atoms with E-state index in [2.05, 4.69) is 16.7 Å². The van der Waals surface area contributed by atoms with Crippen molar-refractivity contribution in [3.05, 3.63) is 22.4 Å². The van der Waals surface area contributed by atoms with E-state index < -0.39 is 0 Å². The first-order valence-corrected chi connectivity index (χ1v) is 7.54. The number of nitriles is 1. The Morgan fingerprint density at radius 1 is 1.63 bits per heavy atom. The molecular formula is C14H19N3OS. The maximum absolute atomic E-state index is 11.8. The fourth-order valence-electron chi connectivity index (χ4n) is 2.48. The molecule has 0 radical (unpaired) electrons. The zero-order valence-electron chi connectivity index (χ0n) is 11.1. The lowest BCUT2D eigenvalue weighted by Crippen LogP contribution is -2.41. The van der Waals surface area contributed by atoms with Gasteiger partial charge < -0.3 is 10.6 Å². The molecule has 0 bridgehead atoms. The van der Waals surface area contributed by atoms with Gasteiger partial charge >= 0.3 is 0 Å². The summed E-state index contributed by atoms with van der Waals surface area (Å²) in [5, 5.41) is 17.2. The Hall–Kier alpha value is -1.38. The Labute approximate surface area is 117 Å². The summed E-state index contributed by atoms with van der Waals surface area (Å²) in [6.07, 6.45) is 3.01. The highest BCUT2D eigenvalue weighted by Gasteiger charge is 2.27. The summed E-state index contributed by atoms with van der Waals surface area (Å²) in [4.78, 5) is 13.0. The molecule has 1 fully saturated rings. The Morgan fingerprint density at radius 3 is 3.16 bits per heavy atom. The van der Waals surface area contributed by atoms with Crippen LogP contribution < -0.4 is 10.6 Å². The number of hydrogen-bond acceptors (Lipinski definition) is 4. The molecule has 102 valence electrons. The summed E-state index contributed by atoms with van der Waals surface area (Å²) in [6.45, 7) is 2.27. The van der Waals surface area contributed by atoms with E-state index in [1.54, 1.807) is 11.3 Å². The van der Waals surface area contributed by atoms with E-state index in [0.717, 1.165) is 24.1 Å². The summed E-state index contributed by atoms with van der Waals surface area (Å²) >= 11 is 1.64. The molecule has 0 saturated heterocycles. The molecule has 2 rings (SSSR count). The van der Waals surface area contributed by atoms with Crippen molar-refractivity contribution < 1.29 is 4.79 Å². The van der Waals surface area contributed by atoms with Gasteiger partial charge in [-0.3, -0.25) is 4.79 Å². The second kappa shape index (κ2) is 6.69.